The third kappa shape index (κ3) is 3.49. The van der Waals surface area contributed by atoms with Crippen LogP contribution < -0.4 is 5.32 Å². The second-order valence-corrected chi connectivity index (χ2v) is 3.33. The molecule has 64 valence electrons. The van der Waals surface area contributed by atoms with Crippen molar-refractivity contribution < 1.29 is 0 Å². The van der Waals surface area contributed by atoms with Gasteiger partial charge in [0.05, 0.1) is 4.99 Å². The van der Waals surface area contributed by atoms with Gasteiger partial charge in [-0.1, -0.05) is 42.5 Å². The highest BCUT2D eigenvalue weighted by atomic mass is 32.1. The minimum absolute atomic E-state index is 0.867. The van der Waals surface area contributed by atoms with Gasteiger partial charge in [-0.2, -0.15) is 0 Å². The molecule has 0 atom stereocenters. The monoisotopic (exact) mass is 179 g/mol. The second kappa shape index (κ2) is 4.88. The molecule has 0 aliphatic heterocycles. The van der Waals surface area contributed by atoms with Gasteiger partial charge in [0.1, 0.15) is 0 Å². The van der Waals surface area contributed by atoms with E-state index in [4.69, 9.17) is 12.2 Å². The summed E-state index contributed by atoms with van der Waals surface area (Å²) in [6.07, 6.45) is 1.04. The molecule has 1 nitrogen and oxygen atoms in total. The highest BCUT2D eigenvalue weighted by Crippen LogP contribution is 1.97. The smallest absolute Gasteiger partial charge is 0.0722 e. The highest BCUT2D eigenvalue weighted by molar-refractivity contribution is 7.80. The van der Waals surface area contributed by atoms with E-state index in [1.54, 1.807) is 0 Å². The van der Waals surface area contributed by atoms with Crippen LogP contribution in [0.1, 0.15) is 12.5 Å². The Morgan fingerprint density at radius 3 is 2.58 bits per heavy atom. The zero-order valence-electron chi connectivity index (χ0n) is 7.21. The van der Waals surface area contributed by atoms with Gasteiger partial charge in [0.2, 0.25) is 0 Å². The van der Waals surface area contributed by atoms with Crippen LogP contribution in [0.25, 0.3) is 0 Å². The number of thiocarbonyl (C=S) groups is 1. The van der Waals surface area contributed by atoms with Gasteiger partial charge in [-0.15, -0.1) is 0 Å². The standard InChI is InChI=1S/C10H13NS/c1-9(12)11-8-7-10-5-3-2-4-6-10/h2-6H,7-8H2,1H3,(H,11,12). The first kappa shape index (κ1) is 9.20. The highest BCUT2D eigenvalue weighted by Gasteiger charge is 1.90. The molecule has 0 spiro atoms. The second-order valence-electron chi connectivity index (χ2n) is 2.72. The molecule has 2 heteroatoms. The lowest BCUT2D eigenvalue weighted by molar-refractivity contribution is 0.872. The average molecular weight is 179 g/mol. The molecule has 0 saturated heterocycles. The van der Waals surface area contributed by atoms with Crippen LogP contribution in [0.3, 0.4) is 0 Å². The van der Waals surface area contributed by atoms with Crippen LogP contribution in [0.15, 0.2) is 30.3 Å². The van der Waals surface area contributed by atoms with E-state index in [0.29, 0.717) is 0 Å². The van der Waals surface area contributed by atoms with Gasteiger partial charge in [0, 0.05) is 6.54 Å². The maximum Gasteiger partial charge on any atom is 0.0722 e. The minimum Gasteiger partial charge on any atom is -0.380 e. The van der Waals surface area contributed by atoms with Crippen LogP contribution >= 0.6 is 12.2 Å². The Kier molecular flexibility index (Phi) is 3.74. The molecule has 12 heavy (non-hydrogen) atoms. The summed E-state index contributed by atoms with van der Waals surface area (Å²) in [6.45, 7) is 2.83. The summed E-state index contributed by atoms with van der Waals surface area (Å²) < 4.78 is 0. The lowest BCUT2D eigenvalue weighted by atomic mass is 10.1. The summed E-state index contributed by atoms with van der Waals surface area (Å²) >= 11 is 4.90. The van der Waals surface area contributed by atoms with Crippen molar-refractivity contribution in [1.82, 2.24) is 5.32 Å². The predicted octanol–water partition coefficient (Wildman–Crippen LogP) is 2.17. The summed E-state index contributed by atoms with van der Waals surface area (Å²) in [4.78, 5) is 0.867. The molecule has 0 aromatic heterocycles. The summed E-state index contributed by atoms with van der Waals surface area (Å²) in [5, 5.41) is 3.13. The zero-order chi connectivity index (χ0) is 8.81. The van der Waals surface area contributed by atoms with Gasteiger partial charge in [0.15, 0.2) is 0 Å². The summed E-state index contributed by atoms with van der Waals surface area (Å²) in [5.74, 6) is 0. The molecule has 1 aromatic rings. The van der Waals surface area contributed by atoms with Gasteiger partial charge in [-0.3, -0.25) is 0 Å². The third-order valence-electron chi connectivity index (χ3n) is 1.63. The summed E-state index contributed by atoms with van der Waals surface area (Å²) in [7, 11) is 0. The van der Waals surface area contributed by atoms with E-state index < -0.39 is 0 Å². The summed E-state index contributed by atoms with van der Waals surface area (Å²) in [5.41, 5.74) is 1.35. The van der Waals surface area contributed by atoms with E-state index in [2.05, 4.69) is 29.6 Å². The minimum atomic E-state index is 0.867. The molecule has 1 N–H and O–H groups in total. The molecule has 0 aliphatic carbocycles. The molecule has 1 rings (SSSR count). The van der Waals surface area contributed by atoms with E-state index in [1.807, 2.05) is 13.0 Å². The zero-order valence-corrected chi connectivity index (χ0v) is 8.03. The van der Waals surface area contributed by atoms with E-state index in [0.717, 1.165) is 18.0 Å². The average Bonchev–Trinajstić information content (AvgIpc) is 2.05. The van der Waals surface area contributed by atoms with Crippen molar-refractivity contribution in [1.29, 1.82) is 0 Å². The summed E-state index contributed by atoms with van der Waals surface area (Å²) in [6, 6.07) is 10.4. The van der Waals surface area contributed by atoms with Crippen molar-refractivity contribution in [3.05, 3.63) is 35.9 Å². The molecule has 0 bridgehead atoms. The number of hydrogen-bond acceptors (Lipinski definition) is 1. The van der Waals surface area contributed by atoms with E-state index >= 15 is 0 Å². The van der Waals surface area contributed by atoms with Crippen LogP contribution in [0, 0.1) is 0 Å². The quantitative estimate of drug-likeness (QED) is 0.714. The van der Waals surface area contributed by atoms with Crippen molar-refractivity contribution in [2.45, 2.75) is 13.3 Å². The lowest BCUT2D eigenvalue weighted by Gasteiger charge is -2.02. The van der Waals surface area contributed by atoms with Crippen molar-refractivity contribution in [3.8, 4) is 0 Å². The molecule has 0 radical (unpaired) electrons. The first-order valence-corrected chi connectivity index (χ1v) is 4.48. The van der Waals surface area contributed by atoms with Gasteiger partial charge < -0.3 is 5.32 Å². The topological polar surface area (TPSA) is 12.0 Å². The lowest BCUT2D eigenvalue weighted by Crippen LogP contribution is -2.20. The number of hydrogen-bond donors (Lipinski definition) is 1. The third-order valence-corrected chi connectivity index (χ3v) is 1.77. The first-order valence-electron chi connectivity index (χ1n) is 4.07. The van der Waals surface area contributed by atoms with Gasteiger partial charge in [-0.25, -0.2) is 0 Å². The van der Waals surface area contributed by atoms with E-state index in [1.165, 1.54) is 5.56 Å². The maximum absolute atomic E-state index is 4.90. The first-order chi connectivity index (χ1) is 5.79. The van der Waals surface area contributed by atoms with Crippen LogP contribution in [-0.4, -0.2) is 11.5 Å². The number of benzene rings is 1. The van der Waals surface area contributed by atoms with E-state index in [9.17, 15) is 0 Å². The Labute approximate surface area is 78.8 Å². The van der Waals surface area contributed by atoms with Crippen LogP contribution in [-0.2, 0) is 6.42 Å². The van der Waals surface area contributed by atoms with Gasteiger partial charge >= 0.3 is 0 Å². The van der Waals surface area contributed by atoms with Crippen LogP contribution in [0.5, 0.6) is 0 Å². The Morgan fingerprint density at radius 1 is 1.33 bits per heavy atom. The fourth-order valence-electron chi connectivity index (χ4n) is 1.03. The van der Waals surface area contributed by atoms with Gasteiger partial charge in [0.25, 0.3) is 0 Å². The Balaban J connectivity index is 2.29. The molecular weight excluding hydrogens is 166 g/mol. The van der Waals surface area contributed by atoms with Crippen LogP contribution in [0.2, 0.25) is 0 Å². The van der Waals surface area contributed by atoms with Crippen molar-refractivity contribution in [2.24, 2.45) is 0 Å². The fraction of sp³-hybridized carbons (Fsp3) is 0.300. The number of nitrogens with one attached hydrogen (secondary N) is 1. The molecule has 0 aliphatic rings. The molecule has 0 fully saturated rings. The Hall–Kier alpha value is -0.890. The molecule has 1 aromatic carbocycles. The Bertz CT molecular complexity index is 243. The number of rotatable bonds is 3. The Morgan fingerprint density at radius 2 is 2.00 bits per heavy atom. The largest absolute Gasteiger partial charge is 0.380 e. The SMILES string of the molecule is CC(=S)NCCc1ccccc1. The molecule has 0 amide bonds. The van der Waals surface area contributed by atoms with Gasteiger partial charge in [-0.05, 0) is 18.9 Å². The van der Waals surface area contributed by atoms with E-state index in [-0.39, 0.29) is 0 Å². The van der Waals surface area contributed by atoms with Crippen molar-refractivity contribution in [2.75, 3.05) is 6.54 Å². The molecular formula is C10H13NS. The molecule has 0 unspecified atom stereocenters. The molecule has 0 heterocycles. The van der Waals surface area contributed by atoms with Crippen LogP contribution in [0.4, 0.5) is 0 Å². The van der Waals surface area contributed by atoms with Crippen molar-refractivity contribution in [3.63, 3.8) is 0 Å². The normalized spacial score (nSPS) is 9.42. The molecule has 0 saturated carbocycles. The predicted molar refractivity (Wildman–Crippen MR) is 56.4 cm³/mol. The fourth-order valence-corrected chi connectivity index (χ4v) is 1.13. The van der Waals surface area contributed by atoms with Crippen molar-refractivity contribution >= 4 is 17.2 Å². The maximum atomic E-state index is 4.90.